The van der Waals surface area contributed by atoms with Crippen LogP contribution < -0.4 is 14.2 Å². The molecule has 2 aromatic carbocycles. The molecule has 1 aliphatic heterocycles. The van der Waals surface area contributed by atoms with E-state index >= 15 is 0 Å². The second-order valence-electron chi connectivity index (χ2n) is 6.55. The van der Waals surface area contributed by atoms with Crippen LogP contribution in [0, 0.1) is 11.7 Å². The van der Waals surface area contributed by atoms with Gasteiger partial charge >= 0.3 is 0 Å². The van der Waals surface area contributed by atoms with Crippen LogP contribution >= 0.6 is 0 Å². The van der Waals surface area contributed by atoms with E-state index in [1.54, 1.807) is 6.07 Å². The summed E-state index contributed by atoms with van der Waals surface area (Å²) in [6, 6.07) is 9.77. The van der Waals surface area contributed by atoms with Crippen LogP contribution in [0.15, 0.2) is 47.4 Å². The maximum Gasteiger partial charge on any atom is 0.241 e. The van der Waals surface area contributed by atoms with Crippen molar-refractivity contribution in [1.82, 2.24) is 4.72 Å². The molecule has 0 fully saturated rings. The second-order valence-corrected chi connectivity index (χ2v) is 8.27. The smallest absolute Gasteiger partial charge is 0.241 e. The van der Waals surface area contributed by atoms with Crippen LogP contribution in [0.1, 0.15) is 31.9 Å². The van der Waals surface area contributed by atoms with E-state index in [2.05, 4.69) is 4.72 Å². The number of sulfonamides is 1. The summed E-state index contributed by atoms with van der Waals surface area (Å²) in [5, 5.41) is 0. The van der Waals surface area contributed by atoms with E-state index in [-0.39, 0.29) is 10.8 Å². The standard InChI is InChI=1S/C19H22FNO4S/c1-13(2)19(21-26(22,23)16-7-5-15(20)6-8-16)14-4-9-17-18(12-14)25-11-3-10-24-17/h4-9,12-13,19,21H,3,10-11H2,1-2H3/t19-/m1/s1. The largest absolute Gasteiger partial charge is 0.490 e. The van der Waals surface area contributed by atoms with Crippen LogP contribution in [0.2, 0.25) is 0 Å². The number of halogens is 1. The molecular weight excluding hydrogens is 357 g/mol. The summed E-state index contributed by atoms with van der Waals surface area (Å²) in [6.07, 6.45) is 0.800. The Kier molecular flexibility index (Phi) is 5.48. The molecule has 0 radical (unpaired) electrons. The van der Waals surface area contributed by atoms with Crippen molar-refractivity contribution < 1.29 is 22.3 Å². The topological polar surface area (TPSA) is 64.6 Å². The van der Waals surface area contributed by atoms with Crippen LogP contribution in [-0.4, -0.2) is 21.6 Å². The summed E-state index contributed by atoms with van der Waals surface area (Å²) in [4.78, 5) is 0.0268. The van der Waals surface area contributed by atoms with Crippen molar-refractivity contribution in [3.05, 3.63) is 53.8 Å². The van der Waals surface area contributed by atoms with E-state index in [0.717, 1.165) is 24.1 Å². The molecule has 1 heterocycles. The highest BCUT2D eigenvalue weighted by molar-refractivity contribution is 7.89. The summed E-state index contributed by atoms with van der Waals surface area (Å²) < 4.78 is 52.5. The fourth-order valence-electron chi connectivity index (χ4n) is 2.81. The molecule has 3 rings (SSSR count). The lowest BCUT2D eigenvalue weighted by atomic mass is 9.97. The Labute approximate surface area is 153 Å². The van der Waals surface area contributed by atoms with Gasteiger partial charge in [0, 0.05) is 12.5 Å². The fraction of sp³-hybridized carbons (Fsp3) is 0.368. The van der Waals surface area contributed by atoms with Crippen LogP contribution in [-0.2, 0) is 10.0 Å². The predicted octanol–water partition coefficient (Wildman–Crippen LogP) is 3.66. The zero-order valence-electron chi connectivity index (χ0n) is 14.7. The summed E-state index contributed by atoms with van der Waals surface area (Å²) in [6.45, 7) is 5.02. The summed E-state index contributed by atoms with van der Waals surface area (Å²) in [5.74, 6) is 0.795. The molecule has 0 aliphatic carbocycles. The van der Waals surface area contributed by atoms with Crippen molar-refractivity contribution in [3.63, 3.8) is 0 Å². The lowest BCUT2D eigenvalue weighted by Crippen LogP contribution is -2.31. The van der Waals surface area contributed by atoms with Crippen molar-refractivity contribution in [2.24, 2.45) is 5.92 Å². The van der Waals surface area contributed by atoms with Gasteiger partial charge in [0.15, 0.2) is 11.5 Å². The van der Waals surface area contributed by atoms with E-state index in [1.807, 2.05) is 26.0 Å². The Morgan fingerprint density at radius 1 is 1.00 bits per heavy atom. The van der Waals surface area contributed by atoms with Crippen LogP contribution in [0.3, 0.4) is 0 Å². The predicted molar refractivity (Wildman–Crippen MR) is 96.3 cm³/mol. The monoisotopic (exact) mass is 379 g/mol. The van der Waals surface area contributed by atoms with Gasteiger partial charge in [-0.2, -0.15) is 0 Å². The van der Waals surface area contributed by atoms with Crippen molar-refractivity contribution in [3.8, 4) is 11.5 Å². The minimum atomic E-state index is -3.79. The highest BCUT2D eigenvalue weighted by atomic mass is 32.2. The number of nitrogens with one attached hydrogen (secondary N) is 1. The van der Waals surface area contributed by atoms with E-state index in [0.29, 0.717) is 24.7 Å². The normalized spacial score (nSPS) is 15.5. The number of fused-ring (bicyclic) bond motifs is 1. The highest BCUT2D eigenvalue weighted by Crippen LogP contribution is 2.34. The molecular formula is C19H22FNO4S. The Hall–Kier alpha value is -2.12. The van der Waals surface area contributed by atoms with Gasteiger partial charge in [0.1, 0.15) is 5.82 Å². The van der Waals surface area contributed by atoms with Gasteiger partial charge in [0.2, 0.25) is 10.0 Å². The van der Waals surface area contributed by atoms with Crippen LogP contribution in [0.5, 0.6) is 11.5 Å². The molecule has 0 saturated carbocycles. The van der Waals surface area contributed by atoms with Crippen molar-refractivity contribution >= 4 is 10.0 Å². The van der Waals surface area contributed by atoms with Gasteiger partial charge in [-0.15, -0.1) is 0 Å². The van der Waals surface area contributed by atoms with Gasteiger partial charge < -0.3 is 9.47 Å². The second kappa shape index (κ2) is 7.63. The first-order valence-electron chi connectivity index (χ1n) is 8.54. The van der Waals surface area contributed by atoms with Crippen molar-refractivity contribution in [2.75, 3.05) is 13.2 Å². The molecule has 0 spiro atoms. The first-order chi connectivity index (χ1) is 12.4. The Morgan fingerprint density at radius 3 is 2.31 bits per heavy atom. The molecule has 0 unspecified atom stereocenters. The maximum absolute atomic E-state index is 13.1. The quantitative estimate of drug-likeness (QED) is 0.861. The van der Waals surface area contributed by atoms with Gasteiger partial charge in [0.05, 0.1) is 18.1 Å². The molecule has 0 saturated heterocycles. The molecule has 7 heteroatoms. The summed E-state index contributed by atoms with van der Waals surface area (Å²) >= 11 is 0. The van der Waals surface area contributed by atoms with Gasteiger partial charge in [-0.1, -0.05) is 19.9 Å². The van der Waals surface area contributed by atoms with E-state index in [1.165, 1.54) is 12.1 Å². The minimum Gasteiger partial charge on any atom is -0.490 e. The fourth-order valence-corrected chi connectivity index (χ4v) is 4.18. The Balaban J connectivity index is 1.90. The lowest BCUT2D eigenvalue weighted by molar-refractivity contribution is 0.297. The maximum atomic E-state index is 13.1. The third kappa shape index (κ3) is 4.16. The molecule has 0 bridgehead atoms. The number of hydrogen-bond donors (Lipinski definition) is 1. The third-order valence-electron chi connectivity index (χ3n) is 4.20. The molecule has 1 aliphatic rings. The molecule has 2 aromatic rings. The minimum absolute atomic E-state index is 0.00466. The van der Waals surface area contributed by atoms with E-state index in [9.17, 15) is 12.8 Å². The van der Waals surface area contributed by atoms with E-state index < -0.39 is 21.9 Å². The number of hydrogen-bond acceptors (Lipinski definition) is 4. The molecule has 1 N–H and O–H groups in total. The third-order valence-corrected chi connectivity index (χ3v) is 5.66. The van der Waals surface area contributed by atoms with Gasteiger partial charge in [-0.25, -0.2) is 17.5 Å². The molecule has 1 atom stereocenters. The SMILES string of the molecule is CC(C)[C@@H](NS(=O)(=O)c1ccc(F)cc1)c1ccc2c(c1)OCCCO2. The zero-order chi connectivity index (χ0) is 18.7. The Bertz CT molecular complexity index is 866. The van der Waals surface area contributed by atoms with Gasteiger partial charge in [-0.3, -0.25) is 0 Å². The molecule has 5 nitrogen and oxygen atoms in total. The average molecular weight is 379 g/mol. The number of ether oxygens (including phenoxy) is 2. The molecule has 0 amide bonds. The Morgan fingerprint density at radius 2 is 1.65 bits per heavy atom. The summed E-state index contributed by atoms with van der Waals surface area (Å²) in [7, 11) is -3.79. The van der Waals surface area contributed by atoms with Crippen molar-refractivity contribution in [2.45, 2.75) is 31.2 Å². The molecule has 26 heavy (non-hydrogen) atoms. The van der Waals surface area contributed by atoms with Crippen molar-refractivity contribution in [1.29, 1.82) is 0 Å². The van der Waals surface area contributed by atoms with Gasteiger partial charge in [0.25, 0.3) is 0 Å². The highest BCUT2D eigenvalue weighted by Gasteiger charge is 2.25. The first-order valence-corrected chi connectivity index (χ1v) is 10.0. The first kappa shape index (κ1) is 18.7. The number of rotatable bonds is 5. The van der Waals surface area contributed by atoms with E-state index in [4.69, 9.17) is 9.47 Å². The zero-order valence-corrected chi connectivity index (χ0v) is 15.6. The lowest BCUT2D eigenvalue weighted by Gasteiger charge is -2.23. The average Bonchev–Trinajstić information content (AvgIpc) is 2.84. The molecule has 140 valence electrons. The van der Waals surface area contributed by atoms with Crippen LogP contribution in [0.4, 0.5) is 4.39 Å². The van der Waals surface area contributed by atoms with Crippen LogP contribution in [0.25, 0.3) is 0 Å². The molecule has 0 aromatic heterocycles. The number of benzene rings is 2. The van der Waals surface area contributed by atoms with Gasteiger partial charge in [-0.05, 0) is 47.9 Å². The summed E-state index contributed by atoms with van der Waals surface area (Å²) in [5.41, 5.74) is 0.787.